The number of rotatable bonds is 8. The quantitative estimate of drug-likeness (QED) is 0.342. The van der Waals surface area contributed by atoms with Crippen LogP contribution in [-0.2, 0) is 5.41 Å². The third kappa shape index (κ3) is 4.26. The summed E-state index contributed by atoms with van der Waals surface area (Å²) in [5.41, 5.74) is 9.68. The average Bonchev–Trinajstić information content (AvgIpc) is 2.70. The van der Waals surface area contributed by atoms with Crippen LogP contribution >= 0.6 is 0 Å². The van der Waals surface area contributed by atoms with Crippen molar-refractivity contribution >= 4 is 8.41 Å². The fraction of sp³-hybridized carbons (Fsp3) is 0.250. The molecule has 2 heteroatoms. The van der Waals surface area contributed by atoms with Gasteiger partial charge in [0.1, 0.15) is 0 Å². The molecule has 0 saturated carbocycles. The molecule has 3 radical (unpaired) electrons. The van der Waals surface area contributed by atoms with Crippen LogP contribution in [0.15, 0.2) is 91.0 Å². The first-order chi connectivity index (χ1) is 12.4. The molecule has 0 saturated heterocycles. The largest absolute Gasteiger partial charge is 0.330 e. The molecular formula is C24H27BN. The molecule has 3 aromatic carbocycles. The molecule has 26 heavy (non-hydrogen) atoms. The second-order valence-electron chi connectivity index (χ2n) is 6.60. The summed E-state index contributed by atoms with van der Waals surface area (Å²) in [6.07, 6.45) is 4.51. The maximum atomic E-state index is 5.71. The van der Waals surface area contributed by atoms with Gasteiger partial charge >= 0.3 is 0 Å². The van der Waals surface area contributed by atoms with E-state index in [4.69, 9.17) is 5.73 Å². The molecule has 3 aromatic rings. The van der Waals surface area contributed by atoms with Crippen molar-refractivity contribution in [2.45, 2.75) is 31.1 Å². The van der Waals surface area contributed by atoms with E-state index in [0.29, 0.717) is 0 Å². The van der Waals surface area contributed by atoms with Crippen molar-refractivity contribution in [1.29, 1.82) is 0 Å². The van der Waals surface area contributed by atoms with Gasteiger partial charge in [-0.15, -0.1) is 0 Å². The highest BCUT2D eigenvalue weighted by Gasteiger charge is 2.35. The van der Waals surface area contributed by atoms with Crippen molar-refractivity contribution in [1.82, 2.24) is 0 Å². The maximum absolute atomic E-state index is 5.71. The van der Waals surface area contributed by atoms with Gasteiger partial charge in [-0.2, -0.15) is 0 Å². The highest BCUT2D eigenvalue weighted by Crippen LogP contribution is 2.43. The molecule has 0 unspecified atom stereocenters. The van der Waals surface area contributed by atoms with Crippen LogP contribution in [0.5, 0.6) is 0 Å². The molecular weight excluding hydrogens is 313 g/mol. The standard InChI is InChI=1S/C24H27N.B/c25-20-12-4-11-19-24(21-13-5-1-6-14-21,22-15-7-2-8-16-22)23-17-9-3-10-18-23;/h1-3,5-10,13-18H,4,11-12,19-20,25H2;. The Morgan fingerprint density at radius 1 is 0.538 bits per heavy atom. The Kier molecular flexibility index (Phi) is 7.68. The van der Waals surface area contributed by atoms with Gasteiger partial charge in [0.05, 0.1) is 0 Å². The predicted molar refractivity (Wildman–Crippen MR) is 112 cm³/mol. The summed E-state index contributed by atoms with van der Waals surface area (Å²) in [5.74, 6) is 0. The van der Waals surface area contributed by atoms with Crippen LogP contribution in [0.3, 0.4) is 0 Å². The minimum absolute atomic E-state index is 0. The van der Waals surface area contributed by atoms with E-state index >= 15 is 0 Å². The number of hydrogen-bond donors (Lipinski definition) is 1. The zero-order valence-corrected chi connectivity index (χ0v) is 15.4. The van der Waals surface area contributed by atoms with E-state index in [9.17, 15) is 0 Å². The summed E-state index contributed by atoms with van der Waals surface area (Å²) in [4.78, 5) is 0. The monoisotopic (exact) mass is 340 g/mol. The molecule has 0 aromatic heterocycles. The SMILES string of the molecule is NCCCCCC(c1ccccc1)(c1ccccc1)c1ccccc1.[B]. The maximum Gasteiger partial charge on any atom is 0.0451 e. The lowest BCUT2D eigenvalue weighted by atomic mass is 9.66. The molecule has 0 spiro atoms. The lowest BCUT2D eigenvalue weighted by Gasteiger charge is -2.36. The lowest BCUT2D eigenvalue weighted by Crippen LogP contribution is -2.29. The van der Waals surface area contributed by atoms with Gasteiger partial charge in [0.2, 0.25) is 0 Å². The van der Waals surface area contributed by atoms with Gasteiger partial charge in [0, 0.05) is 13.8 Å². The van der Waals surface area contributed by atoms with Crippen molar-refractivity contribution in [3.05, 3.63) is 108 Å². The molecule has 0 heterocycles. The van der Waals surface area contributed by atoms with Gasteiger partial charge in [-0.3, -0.25) is 0 Å². The Labute approximate surface area is 159 Å². The van der Waals surface area contributed by atoms with Crippen LogP contribution in [-0.4, -0.2) is 15.0 Å². The van der Waals surface area contributed by atoms with Crippen LogP contribution in [0.1, 0.15) is 42.4 Å². The van der Waals surface area contributed by atoms with E-state index in [0.717, 1.165) is 25.8 Å². The minimum atomic E-state index is -0.113. The summed E-state index contributed by atoms with van der Waals surface area (Å²) in [7, 11) is 0. The van der Waals surface area contributed by atoms with E-state index in [1.165, 1.54) is 23.1 Å². The molecule has 0 bridgehead atoms. The van der Waals surface area contributed by atoms with E-state index < -0.39 is 0 Å². The minimum Gasteiger partial charge on any atom is -0.330 e. The Morgan fingerprint density at radius 2 is 0.923 bits per heavy atom. The van der Waals surface area contributed by atoms with E-state index in [2.05, 4.69) is 91.0 Å². The van der Waals surface area contributed by atoms with Crippen LogP contribution in [0.2, 0.25) is 0 Å². The molecule has 1 nitrogen and oxygen atoms in total. The molecule has 0 fully saturated rings. The molecule has 0 aliphatic carbocycles. The predicted octanol–water partition coefficient (Wildman–Crippen LogP) is 5.16. The highest BCUT2D eigenvalue weighted by molar-refractivity contribution is 5.75. The Balaban J connectivity index is 0.00000243. The van der Waals surface area contributed by atoms with Gasteiger partial charge in [-0.25, -0.2) is 0 Å². The zero-order valence-electron chi connectivity index (χ0n) is 15.4. The zero-order chi connectivity index (χ0) is 17.4. The fourth-order valence-electron chi connectivity index (χ4n) is 3.81. The van der Waals surface area contributed by atoms with E-state index in [-0.39, 0.29) is 13.8 Å². The molecule has 0 amide bonds. The first kappa shape index (κ1) is 20.0. The van der Waals surface area contributed by atoms with Gasteiger partial charge in [0.15, 0.2) is 0 Å². The van der Waals surface area contributed by atoms with Crippen molar-refractivity contribution in [2.24, 2.45) is 5.73 Å². The summed E-state index contributed by atoms with van der Waals surface area (Å²) in [6.45, 7) is 0.773. The second kappa shape index (κ2) is 9.99. The number of hydrogen-bond acceptors (Lipinski definition) is 1. The Morgan fingerprint density at radius 3 is 1.27 bits per heavy atom. The molecule has 131 valence electrons. The topological polar surface area (TPSA) is 26.0 Å². The molecule has 0 aliphatic rings. The van der Waals surface area contributed by atoms with Crippen molar-refractivity contribution in [3.63, 3.8) is 0 Å². The summed E-state index contributed by atoms with van der Waals surface area (Å²) in [6, 6.07) is 32.8. The van der Waals surface area contributed by atoms with Gasteiger partial charge in [-0.05, 0) is 36.1 Å². The van der Waals surface area contributed by atoms with Crippen molar-refractivity contribution in [2.75, 3.05) is 6.54 Å². The lowest BCUT2D eigenvalue weighted by molar-refractivity contribution is 0.511. The average molecular weight is 340 g/mol. The van der Waals surface area contributed by atoms with Gasteiger partial charge in [-0.1, -0.05) is 104 Å². The molecule has 0 aliphatic heterocycles. The van der Waals surface area contributed by atoms with Gasteiger partial charge in [0.25, 0.3) is 0 Å². The summed E-state index contributed by atoms with van der Waals surface area (Å²) < 4.78 is 0. The Bertz CT molecular complexity index is 644. The third-order valence-corrected chi connectivity index (χ3v) is 5.06. The van der Waals surface area contributed by atoms with Crippen LogP contribution in [0.4, 0.5) is 0 Å². The Hall–Kier alpha value is -2.32. The summed E-state index contributed by atoms with van der Waals surface area (Å²) in [5, 5.41) is 0. The smallest absolute Gasteiger partial charge is 0.0451 e. The fourth-order valence-corrected chi connectivity index (χ4v) is 3.81. The highest BCUT2D eigenvalue weighted by atomic mass is 14.5. The number of unbranched alkanes of at least 4 members (excludes halogenated alkanes) is 2. The first-order valence-electron chi connectivity index (χ1n) is 9.24. The second-order valence-corrected chi connectivity index (χ2v) is 6.60. The molecule has 2 N–H and O–H groups in total. The molecule has 0 atom stereocenters. The van der Waals surface area contributed by atoms with Crippen LogP contribution in [0.25, 0.3) is 0 Å². The number of benzene rings is 3. The first-order valence-corrected chi connectivity index (χ1v) is 9.24. The summed E-state index contributed by atoms with van der Waals surface area (Å²) >= 11 is 0. The van der Waals surface area contributed by atoms with E-state index in [1.807, 2.05) is 0 Å². The van der Waals surface area contributed by atoms with Crippen molar-refractivity contribution < 1.29 is 0 Å². The van der Waals surface area contributed by atoms with Crippen LogP contribution in [0, 0.1) is 0 Å². The van der Waals surface area contributed by atoms with E-state index in [1.54, 1.807) is 0 Å². The van der Waals surface area contributed by atoms with Crippen LogP contribution < -0.4 is 5.73 Å². The normalized spacial score (nSPS) is 11.0. The van der Waals surface area contributed by atoms with Crippen molar-refractivity contribution in [3.8, 4) is 0 Å². The van der Waals surface area contributed by atoms with Gasteiger partial charge < -0.3 is 5.73 Å². The number of nitrogens with two attached hydrogens (primary N) is 1. The third-order valence-electron chi connectivity index (χ3n) is 5.06. The molecule has 3 rings (SSSR count).